The van der Waals surface area contributed by atoms with Crippen LogP contribution in [0.2, 0.25) is 0 Å². The number of rotatable bonds is 7. The topological polar surface area (TPSA) is 108 Å². The molecule has 2 aromatic rings. The van der Waals surface area contributed by atoms with E-state index in [0.717, 1.165) is 50.3 Å². The van der Waals surface area contributed by atoms with Gasteiger partial charge in [-0.25, -0.2) is 14.8 Å². The van der Waals surface area contributed by atoms with Crippen molar-refractivity contribution in [1.82, 2.24) is 20.2 Å². The molecule has 1 saturated heterocycles. The number of ether oxygens (including phenoxy) is 1. The second-order valence-electron chi connectivity index (χ2n) is 15.5. The molecule has 5 saturated carbocycles. The average molecular weight is 708 g/mol. The summed E-state index contributed by atoms with van der Waals surface area (Å²) in [4.78, 5) is 37.6. The highest BCUT2D eigenvalue weighted by Gasteiger charge is 2.62. The highest BCUT2D eigenvalue weighted by atomic mass is 19.4. The third-order valence-electron chi connectivity index (χ3n) is 12.4. The van der Waals surface area contributed by atoms with E-state index in [1.807, 2.05) is 6.07 Å². The Bertz CT molecular complexity index is 1660. The van der Waals surface area contributed by atoms with E-state index in [9.17, 15) is 41.0 Å². The first-order chi connectivity index (χ1) is 23.6. The summed E-state index contributed by atoms with van der Waals surface area (Å²) >= 11 is 0. The van der Waals surface area contributed by atoms with Crippen LogP contribution in [0.3, 0.4) is 0 Å². The van der Waals surface area contributed by atoms with Crippen LogP contribution in [0.4, 0.5) is 38.0 Å². The number of carboxylic acid groups (broad SMARTS) is 1. The molecule has 2 aliphatic heterocycles. The van der Waals surface area contributed by atoms with Gasteiger partial charge in [-0.05, 0) is 92.4 Å². The molecule has 15 heteroatoms. The maximum atomic E-state index is 14.7. The summed E-state index contributed by atoms with van der Waals surface area (Å²) in [7, 11) is 0. The van der Waals surface area contributed by atoms with E-state index in [0.29, 0.717) is 55.5 Å². The predicted molar refractivity (Wildman–Crippen MR) is 167 cm³/mol. The summed E-state index contributed by atoms with van der Waals surface area (Å²) in [6.45, 7) is -0.418. The number of hydrogen-bond acceptors (Lipinski definition) is 7. The Balaban J connectivity index is 1.08. The number of aromatic nitrogens is 2. The Hall–Kier alpha value is -3.62. The maximum absolute atomic E-state index is 14.7. The van der Waals surface area contributed by atoms with Gasteiger partial charge in [0.2, 0.25) is 5.95 Å². The Kier molecular flexibility index (Phi) is 7.85. The molecule has 7 aliphatic rings. The van der Waals surface area contributed by atoms with Gasteiger partial charge in [-0.2, -0.15) is 26.3 Å². The van der Waals surface area contributed by atoms with Gasteiger partial charge >= 0.3 is 18.3 Å². The number of amides is 1. The molecule has 0 unspecified atom stereocenters. The van der Waals surface area contributed by atoms with Crippen LogP contribution in [-0.4, -0.2) is 75.8 Å². The number of anilines is 2. The lowest BCUT2D eigenvalue weighted by Crippen LogP contribution is -2.70. The van der Waals surface area contributed by atoms with Gasteiger partial charge < -0.3 is 20.1 Å². The zero-order chi connectivity index (χ0) is 35.2. The molecule has 9 nitrogen and oxygen atoms in total. The number of carboxylic acids is 1. The minimum atomic E-state index is -5.03. The number of carbonyl (C=O) groups excluding carboxylic acids is 1. The van der Waals surface area contributed by atoms with E-state index < -0.39 is 59.1 Å². The maximum Gasteiger partial charge on any atom is 0.434 e. The highest BCUT2D eigenvalue weighted by Crippen LogP contribution is 2.58. The van der Waals surface area contributed by atoms with Crippen molar-refractivity contribution in [3.8, 4) is 5.75 Å². The number of likely N-dealkylation sites (tertiary alicyclic amines) is 1. The molecule has 1 amide bonds. The first-order valence-corrected chi connectivity index (χ1v) is 17.5. The van der Waals surface area contributed by atoms with Gasteiger partial charge in [-0.15, -0.1) is 0 Å². The van der Waals surface area contributed by atoms with Crippen molar-refractivity contribution < 1.29 is 45.8 Å². The van der Waals surface area contributed by atoms with Crippen LogP contribution in [0, 0.1) is 23.7 Å². The van der Waals surface area contributed by atoms with E-state index in [1.54, 1.807) is 17.0 Å². The summed E-state index contributed by atoms with van der Waals surface area (Å²) in [5.74, 6) is -2.05. The summed E-state index contributed by atoms with van der Waals surface area (Å²) in [6, 6.07) is 5.22. The number of aliphatic carboxylic acids is 1. The van der Waals surface area contributed by atoms with Gasteiger partial charge in [-0.1, -0.05) is 19.3 Å². The number of nitrogens with zero attached hydrogens (tertiary/aromatic N) is 4. The van der Waals surface area contributed by atoms with Crippen molar-refractivity contribution in [2.75, 3.05) is 31.1 Å². The molecular weight excluding hydrogens is 668 g/mol. The Morgan fingerprint density at radius 3 is 2.22 bits per heavy atom. The quantitative estimate of drug-likeness (QED) is 0.315. The van der Waals surface area contributed by atoms with Crippen LogP contribution in [0.15, 0.2) is 24.4 Å². The predicted octanol–water partition coefficient (Wildman–Crippen LogP) is 6.48. The van der Waals surface area contributed by atoms with Crippen molar-refractivity contribution in [2.45, 2.75) is 93.6 Å². The van der Waals surface area contributed by atoms with Gasteiger partial charge in [0.05, 0.1) is 12.1 Å². The largest absolute Gasteiger partial charge is 0.488 e. The molecule has 1 aromatic carbocycles. The van der Waals surface area contributed by atoms with Crippen LogP contribution < -0.4 is 15.0 Å². The van der Waals surface area contributed by atoms with Crippen molar-refractivity contribution in [3.05, 3.63) is 41.2 Å². The number of fused-ring (bicyclic) bond motifs is 2. The van der Waals surface area contributed by atoms with E-state index in [-0.39, 0.29) is 30.9 Å². The summed E-state index contributed by atoms with van der Waals surface area (Å²) < 4.78 is 88.4. The number of carbonyl (C=O) groups is 2. The van der Waals surface area contributed by atoms with Crippen LogP contribution in [0.1, 0.15) is 85.8 Å². The van der Waals surface area contributed by atoms with Gasteiger partial charge in [0.25, 0.3) is 5.91 Å². The van der Waals surface area contributed by atoms with Gasteiger partial charge in [0.1, 0.15) is 17.4 Å². The lowest BCUT2D eigenvalue weighted by Gasteiger charge is -2.59. The molecule has 270 valence electrons. The smallest absolute Gasteiger partial charge is 0.434 e. The molecule has 6 fully saturated rings. The SMILES string of the molecule is O=C(NC1(C(=O)O)C2CC3CC(C2)CC1C3)c1cnc(N2CC3(CCCCC3)c3cc(OC4CN(CC(F)(F)F)C4)ccc32)nc1C(F)(F)F. The molecule has 3 heterocycles. The summed E-state index contributed by atoms with van der Waals surface area (Å²) in [5.41, 5.74) is -2.82. The third kappa shape index (κ3) is 5.67. The molecule has 2 N–H and O–H groups in total. The zero-order valence-corrected chi connectivity index (χ0v) is 27.3. The van der Waals surface area contributed by atoms with Gasteiger partial charge in [-0.3, -0.25) is 9.69 Å². The zero-order valence-electron chi connectivity index (χ0n) is 27.3. The van der Waals surface area contributed by atoms with Gasteiger partial charge in [0.15, 0.2) is 5.69 Å². The molecule has 1 aromatic heterocycles. The fourth-order valence-electron chi connectivity index (χ4n) is 10.4. The lowest BCUT2D eigenvalue weighted by atomic mass is 9.48. The Morgan fingerprint density at radius 1 is 0.960 bits per heavy atom. The third-order valence-corrected chi connectivity index (χ3v) is 12.4. The standard InChI is InChI=1S/C35H39F6N5O4/c36-33(37,38)18-45-15-24(16-45)50-23-4-5-27-26(13-23)32(6-2-1-3-7-32)17-46(27)31-42-14-25(28(43-31)35(39,40)41)29(47)44-34(30(48)49)21-9-19-8-20(11-21)12-22(34)10-19/h4-5,13-14,19-22,24H,1-3,6-12,15-18H2,(H,44,47)(H,48,49). The first-order valence-electron chi connectivity index (χ1n) is 17.5. The number of nitrogens with one attached hydrogen (secondary N) is 1. The molecule has 1 spiro atoms. The minimum absolute atomic E-state index is 0.137. The van der Waals surface area contributed by atoms with E-state index in [1.165, 1.54) is 4.90 Å². The Morgan fingerprint density at radius 2 is 1.62 bits per heavy atom. The molecule has 4 bridgehead atoms. The lowest BCUT2D eigenvalue weighted by molar-refractivity contribution is -0.163. The van der Waals surface area contributed by atoms with Crippen LogP contribution in [0.5, 0.6) is 5.75 Å². The first kappa shape index (κ1) is 33.5. The fraction of sp³-hybridized carbons (Fsp3) is 0.657. The number of alkyl halides is 6. The van der Waals surface area contributed by atoms with E-state index >= 15 is 0 Å². The van der Waals surface area contributed by atoms with Crippen LogP contribution >= 0.6 is 0 Å². The van der Waals surface area contributed by atoms with Crippen molar-refractivity contribution >= 4 is 23.5 Å². The molecule has 50 heavy (non-hydrogen) atoms. The molecule has 9 rings (SSSR count). The molecule has 0 atom stereocenters. The highest BCUT2D eigenvalue weighted by molar-refractivity contribution is 5.99. The van der Waals surface area contributed by atoms with E-state index in [2.05, 4.69) is 15.3 Å². The van der Waals surface area contributed by atoms with Gasteiger partial charge in [0, 0.05) is 36.9 Å². The summed E-state index contributed by atoms with van der Waals surface area (Å²) in [6.07, 6.45) is -0.946. The van der Waals surface area contributed by atoms with E-state index in [4.69, 9.17) is 4.74 Å². The van der Waals surface area contributed by atoms with Crippen molar-refractivity contribution in [1.29, 1.82) is 0 Å². The van der Waals surface area contributed by atoms with Crippen molar-refractivity contribution in [3.63, 3.8) is 0 Å². The van der Waals surface area contributed by atoms with Crippen LogP contribution in [-0.2, 0) is 16.4 Å². The second kappa shape index (κ2) is 11.7. The average Bonchev–Trinajstić information content (AvgIpc) is 3.32. The minimum Gasteiger partial charge on any atom is -0.488 e. The normalized spacial score (nSPS) is 30.3. The Labute approximate surface area is 284 Å². The number of hydrogen-bond donors (Lipinski definition) is 2. The molecule has 5 aliphatic carbocycles. The number of benzene rings is 1. The van der Waals surface area contributed by atoms with Crippen molar-refractivity contribution in [2.24, 2.45) is 23.7 Å². The van der Waals surface area contributed by atoms with Crippen LogP contribution in [0.25, 0.3) is 0 Å². The number of halogens is 6. The molecule has 0 radical (unpaired) electrons. The monoisotopic (exact) mass is 707 g/mol. The second-order valence-corrected chi connectivity index (χ2v) is 15.5. The summed E-state index contributed by atoms with van der Waals surface area (Å²) in [5, 5.41) is 13.0. The fourth-order valence-corrected chi connectivity index (χ4v) is 10.4. The molecular formula is C35H39F6N5O4.